The molecule has 94 valence electrons. The summed E-state index contributed by atoms with van der Waals surface area (Å²) in [5.41, 5.74) is 2.13. The van der Waals surface area contributed by atoms with Gasteiger partial charge in [0.1, 0.15) is 11.6 Å². The van der Waals surface area contributed by atoms with Crippen LogP contribution in [0.1, 0.15) is 11.3 Å². The van der Waals surface area contributed by atoms with E-state index in [4.69, 9.17) is 16.3 Å². The molecule has 0 aliphatic heterocycles. The quantitative estimate of drug-likeness (QED) is 0.867. The number of rotatable bonds is 3. The number of alkyl halides is 1. The zero-order chi connectivity index (χ0) is 13.1. The second-order valence-corrected chi connectivity index (χ2v) is 4.19. The zero-order valence-corrected chi connectivity index (χ0v) is 10.9. The Morgan fingerprint density at radius 1 is 1.39 bits per heavy atom. The molecule has 0 fully saturated rings. The van der Waals surface area contributed by atoms with E-state index in [-0.39, 0.29) is 11.4 Å². The van der Waals surface area contributed by atoms with Crippen molar-refractivity contribution in [2.45, 2.75) is 12.8 Å². The average molecular weight is 265 g/mol. The number of ether oxygens (including phenoxy) is 1. The number of aromatic amines is 1. The molecule has 0 radical (unpaired) electrons. The van der Waals surface area contributed by atoms with Crippen LogP contribution < -0.4 is 10.3 Å². The molecule has 1 N–H and O–H groups in total. The molecule has 0 aliphatic rings. The van der Waals surface area contributed by atoms with Gasteiger partial charge in [0.15, 0.2) is 0 Å². The highest BCUT2D eigenvalue weighted by Crippen LogP contribution is 2.27. The predicted octanol–water partition coefficient (Wildman–Crippen LogP) is 2.49. The Kier molecular flexibility index (Phi) is 3.67. The van der Waals surface area contributed by atoms with Crippen molar-refractivity contribution in [3.05, 3.63) is 45.9 Å². The largest absolute Gasteiger partial charge is 0.496 e. The molecule has 0 amide bonds. The van der Waals surface area contributed by atoms with E-state index in [0.717, 1.165) is 11.1 Å². The Labute approximate surface area is 110 Å². The number of hydrogen-bond acceptors (Lipinski definition) is 3. The Bertz CT molecular complexity index is 623. The second kappa shape index (κ2) is 5.23. The summed E-state index contributed by atoms with van der Waals surface area (Å²) in [6.07, 6.45) is 0. The predicted molar refractivity (Wildman–Crippen MR) is 71.1 cm³/mol. The van der Waals surface area contributed by atoms with Gasteiger partial charge < -0.3 is 9.72 Å². The summed E-state index contributed by atoms with van der Waals surface area (Å²) < 4.78 is 5.30. The normalized spacial score (nSPS) is 10.4. The van der Waals surface area contributed by atoms with E-state index in [1.165, 1.54) is 6.07 Å². The third kappa shape index (κ3) is 2.54. The van der Waals surface area contributed by atoms with Crippen LogP contribution in [-0.4, -0.2) is 17.1 Å². The van der Waals surface area contributed by atoms with E-state index >= 15 is 0 Å². The van der Waals surface area contributed by atoms with Gasteiger partial charge in [0, 0.05) is 6.07 Å². The Morgan fingerprint density at radius 2 is 2.17 bits per heavy atom. The number of aryl methyl sites for hydroxylation is 1. The van der Waals surface area contributed by atoms with Crippen LogP contribution in [0, 0.1) is 6.92 Å². The molecule has 1 heterocycles. The molecule has 1 aromatic carbocycles. The maximum absolute atomic E-state index is 11.5. The van der Waals surface area contributed by atoms with Crippen LogP contribution in [0.15, 0.2) is 29.1 Å². The zero-order valence-electron chi connectivity index (χ0n) is 10.2. The molecule has 2 rings (SSSR count). The maximum Gasteiger partial charge on any atom is 0.251 e. The number of aromatic nitrogens is 2. The van der Waals surface area contributed by atoms with Gasteiger partial charge in [0.05, 0.1) is 24.2 Å². The fraction of sp³-hybridized carbons (Fsp3) is 0.231. The first-order valence-electron chi connectivity index (χ1n) is 5.45. The molecule has 0 spiro atoms. The number of halogens is 1. The molecule has 0 unspecified atom stereocenters. The van der Waals surface area contributed by atoms with Gasteiger partial charge in [-0.1, -0.05) is 6.07 Å². The van der Waals surface area contributed by atoms with E-state index in [9.17, 15) is 4.79 Å². The highest BCUT2D eigenvalue weighted by Gasteiger charge is 2.09. The van der Waals surface area contributed by atoms with Crippen LogP contribution in [0.5, 0.6) is 5.75 Å². The van der Waals surface area contributed by atoms with Crippen molar-refractivity contribution in [3.8, 4) is 17.1 Å². The summed E-state index contributed by atoms with van der Waals surface area (Å²) in [5.74, 6) is 1.34. The minimum absolute atomic E-state index is 0.200. The van der Waals surface area contributed by atoms with E-state index in [0.29, 0.717) is 17.3 Å². The Balaban J connectivity index is 2.61. The molecule has 1 aromatic heterocycles. The summed E-state index contributed by atoms with van der Waals surface area (Å²) in [6, 6.07) is 7.08. The van der Waals surface area contributed by atoms with E-state index in [1.54, 1.807) is 7.11 Å². The lowest BCUT2D eigenvalue weighted by Gasteiger charge is -2.09. The number of benzene rings is 1. The molecule has 2 aromatic rings. The van der Waals surface area contributed by atoms with Crippen LogP contribution in [0.2, 0.25) is 0 Å². The van der Waals surface area contributed by atoms with Crippen LogP contribution >= 0.6 is 11.6 Å². The van der Waals surface area contributed by atoms with Crippen molar-refractivity contribution in [1.29, 1.82) is 0 Å². The van der Waals surface area contributed by atoms with Gasteiger partial charge in [-0.15, -0.1) is 11.6 Å². The van der Waals surface area contributed by atoms with Crippen LogP contribution in [0.25, 0.3) is 11.4 Å². The third-order valence-corrected chi connectivity index (χ3v) is 2.82. The van der Waals surface area contributed by atoms with Gasteiger partial charge in [-0.25, -0.2) is 4.98 Å². The van der Waals surface area contributed by atoms with Gasteiger partial charge >= 0.3 is 0 Å². The first-order valence-corrected chi connectivity index (χ1v) is 5.98. The minimum atomic E-state index is -0.224. The number of H-pyrrole nitrogens is 1. The standard InChI is InChI=1S/C13H13ClN2O2/c1-8-3-4-10(11(5-8)18-2)13-15-9(7-14)6-12(17)16-13/h3-6H,7H2,1-2H3,(H,15,16,17). The third-order valence-electron chi connectivity index (χ3n) is 2.54. The van der Waals surface area contributed by atoms with Crippen molar-refractivity contribution in [2.75, 3.05) is 7.11 Å². The molecule has 18 heavy (non-hydrogen) atoms. The molecule has 0 aliphatic carbocycles. The van der Waals surface area contributed by atoms with Crippen molar-refractivity contribution in [2.24, 2.45) is 0 Å². The molecule has 0 atom stereocenters. The highest BCUT2D eigenvalue weighted by atomic mass is 35.5. The van der Waals surface area contributed by atoms with E-state index in [1.807, 2.05) is 25.1 Å². The van der Waals surface area contributed by atoms with Gasteiger partial charge in [0.25, 0.3) is 5.56 Å². The monoisotopic (exact) mass is 264 g/mol. The van der Waals surface area contributed by atoms with E-state index in [2.05, 4.69) is 9.97 Å². The summed E-state index contributed by atoms with van der Waals surface area (Å²) in [5, 5.41) is 0. The topological polar surface area (TPSA) is 55.0 Å². The van der Waals surface area contributed by atoms with Crippen LogP contribution in [0.3, 0.4) is 0 Å². The maximum atomic E-state index is 11.5. The number of methoxy groups -OCH3 is 1. The fourth-order valence-electron chi connectivity index (χ4n) is 1.70. The number of hydrogen-bond donors (Lipinski definition) is 1. The molecule has 4 nitrogen and oxygen atoms in total. The molecular weight excluding hydrogens is 252 g/mol. The first kappa shape index (κ1) is 12.6. The van der Waals surface area contributed by atoms with Gasteiger partial charge in [-0.2, -0.15) is 0 Å². The van der Waals surface area contributed by atoms with Crippen molar-refractivity contribution < 1.29 is 4.74 Å². The Morgan fingerprint density at radius 3 is 2.83 bits per heavy atom. The SMILES string of the molecule is COc1cc(C)ccc1-c1nc(CCl)cc(=O)[nH]1. The summed E-state index contributed by atoms with van der Waals surface area (Å²) in [4.78, 5) is 18.5. The lowest BCUT2D eigenvalue weighted by molar-refractivity contribution is 0.416. The van der Waals surface area contributed by atoms with Gasteiger partial charge in [-0.05, 0) is 24.6 Å². The molecule has 5 heteroatoms. The first-order chi connectivity index (χ1) is 8.63. The second-order valence-electron chi connectivity index (χ2n) is 3.92. The lowest BCUT2D eigenvalue weighted by Crippen LogP contribution is -2.10. The van der Waals surface area contributed by atoms with Crippen molar-refractivity contribution in [3.63, 3.8) is 0 Å². The molecule has 0 saturated carbocycles. The van der Waals surface area contributed by atoms with Crippen LogP contribution in [0.4, 0.5) is 0 Å². The van der Waals surface area contributed by atoms with Crippen molar-refractivity contribution >= 4 is 11.6 Å². The molecule has 0 saturated heterocycles. The lowest BCUT2D eigenvalue weighted by atomic mass is 10.1. The van der Waals surface area contributed by atoms with E-state index < -0.39 is 0 Å². The van der Waals surface area contributed by atoms with Gasteiger partial charge in [0.2, 0.25) is 0 Å². The summed E-state index contributed by atoms with van der Waals surface area (Å²) in [6.45, 7) is 1.97. The van der Waals surface area contributed by atoms with Crippen molar-refractivity contribution in [1.82, 2.24) is 9.97 Å². The minimum Gasteiger partial charge on any atom is -0.496 e. The summed E-state index contributed by atoms with van der Waals surface area (Å²) >= 11 is 5.71. The number of nitrogens with zero attached hydrogens (tertiary/aromatic N) is 1. The smallest absolute Gasteiger partial charge is 0.251 e. The van der Waals surface area contributed by atoms with Gasteiger partial charge in [-0.3, -0.25) is 4.79 Å². The fourth-order valence-corrected chi connectivity index (χ4v) is 1.83. The number of nitrogens with one attached hydrogen (secondary N) is 1. The highest BCUT2D eigenvalue weighted by molar-refractivity contribution is 6.16. The van der Waals surface area contributed by atoms with Crippen LogP contribution in [-0.2, 0) is 5.88 Å². The summed E-state index contributed by atoms with van der Waals surface area (Å²) in [7, 11) is 1.59. The molecule has 0 bridgehead atoms. The Hall–Kier alpha value is -1.81. The molecular formula is C13H13ClN2O2. The average Bonchev–Trinajstić information content (AvgIpc) is 2.37.